The van der Waals surface area contributed by atoms with Gasteiger partial charge in [0, 0.05) is 114 Å². The van der Waals surface area contributed by atoms with Gasteiger partial charge in [0.1, 0.15) is 48.0 Å². The van der Waals surface area contributed by atoms with E-state index < -0.39 is 50.7 Å². The molecule has 4 heterocycles. The first kappa shape index (κ1) is 65.7. The third-order valence-corrected chi connectivity index (χ3v) is 15.7. The number of carboxylic acids is 1. The molecular weight excluding hydrogens is 1120 g/mol. The number of benzene rings is 4. The van der Waals surface area contributed by atoms with E-state index in [1.807, 2.05) is 24.8 Å². The molecule has 0 bridgehead atoms. The van der Waals surface area contributed by atoms with Crippen LogP contribution in [0.3, 0.4) is 0 Å². The van der Waals surface area contributed by atoms with Gasteiger partial charge in [-0.15, -0.1) is 0 Å². The van der Waals surface area contributed by atoms with Crippen molar-refractivity contribution in [3.8, 4) is 11.5 Å². The highest BCUT2D eigenvalue weighted by molar-refractivity contribution is 5.77. The highest BCUT2D eigenvalue weighted by Crippen LogP contribution is 2.40. The molecule has 10 rings (SSSR count). The Hall–Kier alpha value is -6.80. The number of piperazine rings is 2. The topological polar surface area (TPSA) is 223 Å². The molecule has 2 saturated carbocycles. The number of nitrogens with zero attached hydrogens (tertiary/aromatic N) is 5. The maximum Gasteiger partial charge on any atom is 0.423 e. The van der Waals surface area contributed by atoms with Crippen molar-refractivity contribution >= 4 is 34.6 Å². The Bertz CT molecular complexity index is 2870. The van der Waals surface area contributed by atoms with E-state index in [1.165, 1.54) is 34.4 Å². The number of anilines is 2. The number of carbonyl (C=O) groups excluding carboxylic acids is 1. The van der Waals surface area contributed by atoms with Gasteiger partial charge < -0.3 is 44.9 Å². The number of carboxylic acid groups (broad SMARTS) is 1. The number of carbonyl (C=O) groups is 2. The molecule has 4 aromatic rings. The van der Waals surface area contributed by atoms with Gasteiger partial charge in [-0.1, -0.05) is 49.2 Å². The summed E-state index contributed by atoms with van der Waals surface area (Å²) in [5, 5.41) is 39.7. The van der Waals surface area contributed by atoms with Crippen molar-refractivity contribution in [1.82, 2.24) is 20.0 Å². The second-order valence-electron chi connectivity index (χ2n) is 22.1. The van der Waals surface area contributed by atoms with Gasteiger partial charge in [-0.2, -0.15) is 26.3 Å². The quantitative estimate of drug-likeness (QED) is 0.0465. The van der Waals surface area contributed by atoms with Crippen molar-refractivity contribution in [2.45, 2.75) is 141 Å². The Labute approximate surface area is 491 Å². The zero-order valence-corrected chi connectivity index (χ0v) is 48.5. The fourth-order valence-electron chi connectivity index (χ4n) is 11.5. The number of amides is 1. The minimum Gasteiger partial charge on any atom is -0.488 e. The molecule has 0 radical (unpaired) electrons. The first-order chi connectivity index (χ1) is 40.5. The molecule has 4 aromatic carbocycles. The average Bonchev–Trinajstić information content (AvgIpc) is 2.60. The molecule has 6 aliphatic rings. The van der Waals surface area contributed by atoms with Gasteiger partial charge in [0.2, 0.25) is 5.91 Å². The van der Waals surface area contributed by atoms with E-state index in [-0.39, 0.29) is 60.9 Å². The Balaban J connectivity index is 0.000000199. The fraction of sp³-hybridized carbons (Fsp3) is 0.567. The molecule has 85 heavy (non-hydrogen) atoms. The van der Waals surface area contributed by atoms with Gasteiger partial charge in [0.05, 0.1) is 22.1 Å². The molecule has 4 fully saturated rings. The first-order valence-electron chi connectivity index (χ1n) is 29.2. The zero-order chi connectivity index (χ0) is 61.4. The lowest BCUT2D eigenvalue weighted by Gasteiger charge is -2.36. The number of ether oxygens (including phenoxy) is 4. The van der Waals surface area contributed by atoms with Crippen molar-refractivity contribution in [3.63, 3.8) is 0 Å². The van der Waals surface area contributed by atoms with Crippen molar-refractivity contribution in [3.05, 3.63) is 126 Å². The van der Waals surface area contributed by atoms with Crippen LogP contribution >= 0.6 is 0 Å². The molecule has 25 heteroatoms. The predicted octanol–water partition coefficient (Wildman–Crippen LogP) is 10.5. The molecule has 2 unspecified atom stereocenters. The monoisotopic (exact) mass is 1200 g/mol. The normalized spacial score (nSPS) is 22.3. The second-order valence-corrected chi connectivity index (χ2v) is 22.1. The summed E-state index contributed by atoms with van der Waals surface area (Å²) >= 11 is 0. The number of rotatable bonds is 16. The molecule has 4 aliphatic heterocycles. The van der Waals surface area contributed by atoms with Gasteiger partial charge in [0.25, 0.3) is 11.4 Å². The van der Waals surface area contributed by atoms with Crippen LogP contribution in [0.4, 0.5) is 49.1 Å². The molecule has 0 spiro atoms. The smallest absolute Gasteiger partial charge is 0.423 e. The molecule has 19 nitrogen and oxygen atoms in total. The summed E-state index contributed by atoms with van der Waals surface area (Å²) in [4.78, 5) is 49.5. The van der Waals surface area contributed by atoms with E-state index in [9.17, 15) is 56.2 Å². The number of nitro benzene ring substituents is 2. The molecule has 2 atom stereocenters. The van der Waals surface area contributed by atoms with E-state index in [4.69, 9.17) is 24.1 Å². The number of hydrogen-bond donors (Lipinski definition) is 4. The van der Waals surface area contributed by atoms with Crippen LogP contribution in [0.5, 0.6) is 11.5 Å². The first-order valence-corrected chi connectivity index (χ1v) is 29.2. The van der Waals surface area contributed by atoms with Crippen LogP contribution in [0.25, 0.3) is 0 Å². The molecule has 4 N–H and O–H groups in total. The van der Waals surface area contributed by atoms with E-state index in [0.717, 1.165) is 101 Å². The van der Waals surface area contributed by atoms with E-state index in [0.29, 0.717) is 70.6 Å². The van der Waals surface area contributed by atoms with Crippen molar-refractivity contribution < 1.29 is 69.8 Å². The second kappa shape index (κ2) is 30.5. The van der Waals surface area contributed by atoms with Crippen LogP contribution in [0.15, 0.2) is 72.8 Å². The lowest BCUT2D eigenvalue weighted by molar-refractivity contribution is -0.388. The van der Waals surface area contributed by atoms with E-state index >= 15 is 0 Å². The number of aliphatic carboxylic acids is 1. The van der Waals surface area contributed by atoms with Crippen LogP contribution in [-0.2, 0) is 44.3 Å². The number of aryl methyl sites for hydroxylation is 2. The summed E-state index contributed by atoms with van der Waals surface area (Å²) in [6.45, 7) is 17.1. The van der Waals surface area contributed by atoms with Crippen LogP contribution in [0.2, 0.25) is 0 Å². The van der Waals surface area contributed by atoms with Gasteiger partial charge in [-0.3, -0.25) is 34.8 Å². The van der Waals surface area contributed by atoms with Crippen molar-refractivity contribution in [2.75, 3.05) is 89.3 Å². The summed E-state index contributed by atoms with van der Waals surface area (Å²) in [7, 11) is 0. The number of hydrogen-bond acceptors (Lipinski definition) is 15. The number of alkyl halides is 6. The summed E-state index contributed by atoms with van der Waals surface area (Å²) in [6.07, 6.45) is -2.43. The zero-order valence-electron chi connectivity index (χ0n) is 48.5. The average molecular weight is 1200 g/mol. The highest BCUT2D eigenvalue weighted by atomic mass is 19.4. The van der Waals surface area contributed by atoms with Gasteiger partial charge >= 0.3 is 18.3 Å². The Morgan fingerprint density at radius 1 is 0.612 bits per heavy atom. The lowest BCUT2D eigenvalue weighted by atomic mass is 9.92. The SMILES string of the molecule is CC.Cc1ccc2c(c1)CC(CN1CCN(C(=O)COC3CCC(Nc4ccc([N+](=O)[O-])c(C(F)(F)F)c4)CC3)CC1)O2.Cc1ccc2c(c1)CC(CN1CCNCC1)O2.O=C(O)COC1CCC(Nc2ccc([N+](=O)[O-])c(C(F)(F)F)c2)CC1. The van der Waals surface area contributed by atoms with E-state index in [1.54, 1.807) is 0 Å². The molecular formula is C60H78F6N8O11. The largest absolute Gasteiger partial charge is 0.488 e. The molecule has 2 saturated heterocycles. The number of fused-ring (bicyclic) bond motifs is 2. The summed E-state index contributed by atoms with van der Waals surface area (Å²) in [5.41, 5.74) is 1.05. The number of halogens is 6. The maximum absolute atomic E-state index is 13.3. The van der Waals surface area contributed by atoms with Gasteiger partial charge in [-0.25, -0.2) is 4.79 Å². The van der Waals surface area contributed by atoms with Crippen molar-refractivity contribution in [2.24, 2.45) is 0 Å². The summed E-state index contributed by atoms with van der Waals surface area (Å²) in [6, 6.07) is 18.4. The molecule has 2 aliphatic carbocycles. The minimum atomic E-state index is -4.82. The fourth-order valence-corrected chi connectivity index (χ4v) is 11.5. The Kier molecular flexibility index (Phi) is 23.6. The van der Waals surface area contributed by atoms with Gasteiger partial charge in [0.15, 0.2) is 0 Å². The van der Waals surface area contributed by atoms with Crippen LogP contribution in [0.1, 0.15) is 98.6 Å². The van der Waals surface area contributed by atoms with Crippen LogP contribution < -0.4 is 25.4 Å². The Morgan fingerprint density at radius 3 is 1.42 bits per heavy atom. The van der Waals surface area contributed by atoms with E-state index in [2.05, 4.69) is 69.9 Å². The van der Waals surface area contributed by atoms with Crippen LogP contribution in [-0.4, -0.2) is 157 Å². The van der Waals surface area contributed by atoms with Crippen molar-refractivity contribution in [1.29, 1.82) is 0 Å². The molecule has 0 aromatic heterocycles. The highest BCUT2D eigenvalue weighted by Gasteiger charge is 2.40. The predicted molar refractivity (Wildman–Crippen MR) is 307 cm³/mol. The minimum absolute atomic E-state index is 0.0143. The third kappa shape index (κ3) is 19.6. The summed E-state index contributed by atoms with van der Waals surface area (Å²) in [5.74, 6) is 0.982. The lowest BCUT2D eigenvalue weighted by Crippen LogP contribution is -2.51. The number of nitrogens with one attached hydrogen (secondary N) is 3. The van der Waals surface area contributed by atoms with Crippen LogP contribution in [0, 0.1) is 34.1 Å². The van der Waals surface area contributed by atoms with Gasteiger partial charge in [-0.05, 0) is 113 Å². The summed E-state index contributed by atoms with van der Waals surface area (Å²) < 4.78 is 102. The number of nitro groups is 2. The third-order valence-electron chi connectivity index (χ3n) is 15.7. The molecule has 466 valence electrons. The standard InChI is InChI=1S/C29H35F3N4O5.C15H17F3N2O5.C14H20N2O.C2H6/c1-19-2-9-27-20(14-19)15-24(41-27)17-34-10-12-35(13-11-34)28(37)18-40-23-6-3-21(4-7-23)33-22-5-8-26(36(38)39)25(16-22)29(30,31)32;16-15(17,18)12-7-10(3-6-13(12)20(23)24)19-9-1-4-11(5-2-9)25-8-14(21)22;1-11-2-3-14-12(8-11)9-13(17-14)10-16-6-4-15-5-7-16;1-2/h2,5,8-9,14,16,21,23-24,33H,3-4,6-7,10-13,15,17-18H2,1H3;3,6-7,9,11,19H,1-2,4-5,8H2,(H,21,22);2-3,8,13,15H,4-7,9-10H2,1H3;1-2H3. The Morgan fingerprint density at radius 2 is 1.02 bits per heavy atom. The molecule has 1 amide bonds. The maximum atomic E-state index is 13.3.